The second-order valence-electron chi connectivity index (χ2n) is 4.74. The second-order valence-corrected chi connectivity index (χ2v) is 6.34. The minimum absolute atomic E-state index is 0.144. The number of carbonyl (C=O) groups excluding carboxylic acids is 1. The molecule has 1 heterocycles. The molecular formula is C14H16N2O5S. The first-order valence-corrected chi connectivity index (χ1v) is 8.01. The number of hydrogen-bond acceptors (Lipinski definition) is 6. The predicted molar refractivity (Wildman–Crippen MR) is 80.9 cm³/mol. The lowest BCUT2D eigenvalue weighted by Crippen LogP contribution is -2.37. The molecule has 7 nitrogen and oxygen atoms in total. The van der Waals surface area contributed by atoms with Crippen molar-refractivity contribution in [3.8, 4) is 0 Å². The zero-order chi connectivity index (χ0) is 16.2. The number of hydrogen-bond donors (Lipinski definition) is 2. The molecule has 8 heteroatoms. The van der Waals surface area contributed by atoms with Crippen molar-refractivity contribution >= 4 is 22.9 Å². The summed E-state index contributed by atoms with van der Waals surface area (Å²) >= 11 is 0. The Labute approximate surface area is 128 Å². The van der Waals surface area contributed by atoms with Crippen molar-refractivity contribution in [2.24, 2.45) is 4.99 Å². The topological polar surface area (TPSA) is 105 Å². The van der Waals surface area contributed by atoms with E-state index in [1.165, 1.54) is 6.34 Å². The van der Waals surface area contributed by atoms with Gasteiger partial charge in [-0.05, 0) is 12.5 Å². The van der Waals surface area contributed by atoms with Gasteiger partial charge < -0.3 is 10.1 Å². The van der Waals surface area contributed by atoms with E-state index < -0.39 is 28.0 Å². The van der Waals surface area contributed by atoms with Crippen LogP contribution in [-0.2, 0) is 19.6 Å². The van der Waals surface area contributed by atoms with Gasteiger partial charge in [-0.3, -0.25) is 9.35 Å². The number of carbonyl (C=O) groups is 1. The molecule has 2 unspecified atom stereocenters. The van der Waals surface area contributed by atoms with Crippen LogP contribution in [0.2, 0.25) is 0 Å². The van der Waals surface area contributed by atoms with Crippen LogP contribution in [0.4, 0.5) is 0 Å². The molecule has 2 rings (SSSR count). The summed E-state index contributed by atoms with van der Waals surface area (Å²) in [6.07, 6.45) is 1.47. The van der Waals surface area contributed by atoms with E-state index in [-0.39, 0.29) is 6.47 Å². The van der Waals surface area contributed by atoms with Gasteiger partial charge in [0, 0.05) is 11.3 Å². The Morgan fingerprint density at radius 1 is 1.41 bits per heavy atom. The maximum absolute atomic E-state index is 11.7. The molecule has 22 heavy (non-hydrogen) atoms. The molecule has 0 saturated heterocycles. The molecule has 118 valence electrons. The van der Waals surface area contributed by atoms with E-state index in [2.05, 4.69) is 15.0 Å². The molecule has 0 fully saturated rings. The lowest BCUT2D eigenvalue weighted by molar-refractivity contribution is -0.128. The fourth-order valence-corrected chi connectivity index (χ4v) is 3.26. The molecule has 0 radical (unpaired) electrons. The van der Waals surface area contributed by atoms with Crippen LogP contribution >= 0.6 is 0 Å². The number of aliphatic imine (C=N–C) groups is 1. The van der Waals surface area contributed by atoms with Gasteiger partial charge in [0.2, 0.25) is 0 Å². The molecule has 0 amide bonds. The third kappa shape index (κ3) is 3.52. The van der Waals surface area contributed by atoms with Gasteiger partial charge >= 0.3 is 0 Å². The highest BCUT2D eigenvalue weighted by molar-refractivity contribution is 7.86. The van der Waals surface area contributed by atoms with Crippen molar-refractivity contribution in [2.45, 2.75) is 18.2 Å². The number of nitrogens with one attached hydrogen (secondary N) is 1. The van der Waals surface area contributed by atoms with Crippen LogP contribution in [0.5, 0.6) is 0 Å². The molecule has 1 aromatic rings. The summed E-state index contributed by atoms with van der Waals surface area (Å²) in [6.45, 7) is 1.31. The molecule has 0 bridgehead atoms. The molecule has 1 aliphatic heterocycles. The Bertz CT molecular complexity index is 697. The summed E-state index contributed by atoms with van der Waals surface area (Å²) in [5, 5.41) is 1.59. The highest BCUT2D eigenvalue weighted by atomic mass is 32.2. The minimum atomic E-state index is -4.47. The van der Waals surface area contributed by atoms with Gasteiger partial charge in [0.1, 0.15) is 11.9 Å². The summed E-state index contributed by atoms with van der Waals surface area (Å²) < 4.78 is 37.5. The summed E-state index contributed by atoms with van der Waals surface area (Å²) in [7, 11) is -4.47. The van der Waals surface area contributed by atoms with Crippen LogP contribution in [0.1, 0.15) is 18.5 Å². The number of benzene rings is 1. The zero-order valence-electron chi connectivity index (χ0n) is 11.8. The minimum Gasteiger partial charge on any atom is -0.466 e. The lowest BCUT2D eigenvalue weighted by atomic mass is 9.94. The fraction of sp³-hybridized carbons (Fsp3) is 0.286. The molecule has 0 aliphatic carbocycles. The highest BCUT2D eigenvalue weighted by Crippen LogP contribution is 2.32. The smallest absolute Gasteiger partial charge is 0.293 e. The van der Waals surface area contributed by atoms with E-state index in [1.54, 1.807) is 6.92 Å². The van der Waals surface area contributed by atoms with Gasteiger partial charge in [0.05, 0.1) is 12.4 Å². The van der Waals surface area contributed by atoms with E-state index in [4.69, 9.17) is 0 Å². The Hall–Kier alpha value is -2.19. The van der Waals surface area contributed by atoms with Gasteiger partial charge in [-0.2, -0.15) is 8.42 Å². The van der Waals surface area contributed by atoms with Crippen LogP contribution in [0.15, 0.2) is 46.6 Å². The third-order valence-corrected chi connectivity index (χ3v) is 4.49. The molecule has 1 aromatic carbocycles. The van der Waals surface area contributed by atoms with Crippen LogP contribution in [0.25, 0.3) is 0 Å². The quantitative estimate of drug-likeness (QED) is 0.599. The number of nitrogens with zero attached hydrogens (tertiary/aromatic N) is 1. The van der Waals surface area contributed by atoms with Gasteiger partial charge in [-0.1, -0.05) is 30.3 Å². The average Bonchev–Trinajstić information content (AvgIpc) is 2.48. The molecule has 0 spiro atoms. The summed E-state index contributed by atoms with van der Waals surface area (Å²) in [6, 6.07) is 8.64. The van der Waals surface area contributed by atoms with E-state index in [9.17, 15) is 17.8 Å². The first kappa shape index (κ1) is 16.2. The first-order valence-electron chi connectivity index (χ1n) is 6.51. The third-order valence-electron chi connectivity index (χ3n) is 3.38. The van der Waals surface area contributed by atoms with Gasteiger partial charge in [-0.15, -0.1) is 0 Å². The Morgan fingerprint density at radius 3 is 2.68 bits per heavy atom. The Morgan fingerprint density at radius 2 is 2.09 bits per heavy atom. The molecular weight excluding hydrogens is 308 g/mol. The van der Waals surface area contributed by atoms with E-state index >= 15 is 0 Å². The predicted octanol–water partition coefficient (Wildman–Crippen LogP) is 1.06. The summed E-state index contributed by atoms with van der Waals surface area (Å²) in [5.41, 5.74) is 1.60. The second kappa shape index (κ2) is 6.71. The SMILES string of the molecule is CC1=C(C(COC=O)S(=O)(=O)O)C(c2ccccc2)NC=N1. The van der Waals surface area contributed by atoms with Crippen LogP contribution < -0.4 is 5.32 Å². The Kier molecular flexibility index (Phi) is 4.94. The van der Waals surface area contributed by atoms with Crippen molar-refractivity contribution in [3.63, 3.8) is 0 Å². The van der Waals surface area contributed by atoms with E-state index in [0.717, 1.165) is 5.56 Å². The van der Waals surface area contributed by atoms with Crippen molar-refractivity contribution < 1.29 is 22.5 Å². The molecule has 1 aliphatic rings. The van der Waals surface area contributed by atoms with E-state index in [1.807, 2.05) is 30.3 Å². The number of allylic oxidation sites excluding steroid dienone is 1. The summed E-state index contributed by atoms with van der Waals surface area (Å²) in [5.74, 6) is 0. The van der Waals surface area contributed by atoms with Crippen molar-refractivity contribution in [1.29, 1.82) is 0 Å². The maximum atomic E-state index is 11.7. The largest absolute Gasteiger partial charge is 0.466 e. The molecule has 0 saturated carbocycles. The number of ether oxygens (including phenoxy) is 1. The normalized spacial score (nSPS) is 19.5. The summed E-state index contributed by atoms with van der Waals surface area (Å²) in [4.78, 5) is 14.4. The Balaban J connectivity index is 2.49. The van der Waals surface area contributed by atoms with Crippen LogP contribution in [-0.4, -0.2) is 37.6 Å². The zero-order valence-corrected chi connectivity index (χ0v) is 12.7. The van der Waals surface area contributed by atoms with Crippen LogP contribution in [0.3, 0.4) is 0 Å². The van der Waals surface area contributed by atoms with Gasteiger partial charge in [0.25, 0.3) is 16.6 Å². The molecule has 0 aromatic heterocycles. The standard InChI is InChI=1S/C14H16N2O5S/c1-10-13(12(7-21-9-17)22(18,19)20)14(16-8-15-10)11-5-3-2-4-6-11/h2-6,8-9,12,14H,7H2,1H3,(H,15,16)(H,18,19,20). The van der Waals surface area contributed by atoms with Crippen molar-refractivity contribution in [2.75, 3.05) is 6.61 Å². The molecule has 2 N–H and O–H groups in total. The van der Waals surface area contributed by atoms with Crippen molar-refractivity contribution in [3.05, 3.63) is 47.2 Å². The first-order chi connectivity index (χ1) is 10.4. The lowest BCUT2D eigenvalue weighted by Gasteiger charge is -2.29. The molecule has 2 atom stereocenters. The maximum Gasteiger partial charge on any atom is 0.293 e. The van der Waals surface area contributed by atoms with Crippen LogP contribution in [0, 0.1) is 0 Å². The highest BCUT2D eigenvalue weighted by Gasteiger charge is 2.36. The average molecular weight is 324 g/mol. The van der Waals surface area contributed by atoms with Gasteiger partial charge in [0.15, 0.2) is 0 Å². The van der Waals surface area contributed by atoms with Gasteiger partial charge in [-0.25, -0.2) is 4.99 Å². The number of rotatable bonds is 6. The monoisotopic (exact) mass is 324 g/mol. The fourth-order valence-electron chi connectivity index (χ4n) is 2.38. The van der Waals surface area contributed by atoms with Crippen molar-refractivity contribution in [1.82, 2.24) is 5.32 Å². The van der Waals surface area contributed by atoms with E-state index in [0.29, 0.717) is 11.3 Å².